The van der Waals surface area contributed by atoms with E-state index in [1.807, 2.05) is 0 Å². The van der Waals surface area contributed by atoms with Crippen molar-refractivity contribution in [2.24, 2.45) is 0 Å². The normalized spacial score (nSPS) is 11.4. The molecule has 122 valence electrons. The monoisotopic (exact) mass is 350 g/mol. The first-order chi connectivity index (χ1) is 11.5. The van der Waals surface area contributed by atoms with Crippen LogP contribution in [0.1, 0.15) is 22.3 Å². The summed E-state index contributed by atoms with van der Waals surface area (Å²) in [5.41, 5.74) is 10.6. The third kappa shape index (κ3) is 3.46. The largest absolute Gasteiger partial charge is 0.110 e. The highest BCUT2D eigenvalue weighted by atomic mass is 32.0. The molecule has 0 spiro atoms. The molecule has 2 atom stereocenters. The molecule has 2 heteroatoms. The van der Waals surface area contributed by atoms with Crippen LogP contribution in [0, 0.1) is 27.7 Å². The van der Waals surface area contributed by atoms with Crippen molar-refractivity contribution in [1.29, 1.82) is 0 Å². The molecule has 0 bridgehead atoms. The van der Waals surface area contributed by atoms with Crippen LogP contribution >= 0.6 is 17.2 Å². The van der Waals surface area contributed by atoms with Crippen molar-refractivity contribution in [2.75, 3.05) is 0 Å². The van der Waals surface area contributed by atoms with Crippen LogP contribution in [0.4, 0.5) is 0 Å². The van der Waals surface area contributed by atoms with Gasteiger partial charge in [0.15, 0.2) is 0 Å². The number of rotatable bonds is 3. The minimum absolute atomic E-state index is 0.771. The van der Waals surface area contributed by atoms with Crippen LogP contribution in [0.5, 0.6) is 0 Å². The van der Waals surface area contributed by atoms with Crippen molar-refractivity contribution in [2.45, 2.75) is 27.7 Å². The van der Waals surface area contributed by atoms with Gasteiger partial charge in [-0.3, -0.25) is 0 Å². The Kier molecular flexibility index (Phi) is 5.19. The van der Waals surface area contributed by atoms with E-state index in [1.165, 1.54) is 49.8 Å². The summed E-state index contributed by atoms with van der Waals surface area (Å²) < 4.78 is 0. The van der Waals surface area contributed by atoms with E-state index in [9.17, 15) is 0 Å². The SMILES string of the molecule is Cc1ccc(-c2ccc(-c3ccc(PP)cc3C)c(C)c2)cc1C. The number of benzene rings is 3. The first-order valence-corrected chi connectivity index (χ1v) is 11.1. The number of aryl methyl sites for hydroxylation is 4. The molecule has 0 radical (unpaired) electrons. The molecule has 0 N–H and O–H groups in total. The Labute approximate surface area is 149 Å². The topological polar surface area (TPSA) is 0 Å². The van der Waals surface area contributed by atoms with E-state index in [4.69, 9.17) is 0 Å². The zero-order chi connectivity index (χ0) is 17.3. The summed E-state index contributed by atoms with van der Waals surface area (Å²) >= 11 is 0. The highest BCUT2D eigenvalue weighted by Gasteiger charge is 2.08. The van der Waals surface area contributed by atoms with Crippen molar-refractivity contribution >= 4 is 22.5 Å². The van der Waals surface area contributed by atoms with Gasteiger partial charge in [-0.1, -0.05) is 62.9 Å². The van der Waals surface area contributed by atoms with E-state index >= 15 is 0 Å². The Balaban J connectivity index is 2.02. The van der Waals surface area contributed by atoms with Gasteiger partial charge >= 0.3 is 0 Å². The van der Waals surface area contributed by atoms with Gasteiger partial charge in [0.25, 0.3) is 0 Å². The molecule has 24 heavy (non-hydrogen) atoms. The standard InChI is InChI=1S/C22H24P2/c1-14-5-6-18(11-15(14)2)19-7-9-21(16(3)12-19)22-10-8-20(24-23)13-17(22)4/h5-13,24H,23H2,1-4H3. The summed E-state index contributed by atoms with van der Waals surface area (Å²) in [6.45, 7) is 8.76. The van der Waals surface area contributed by atoms with Crippen LogP contribution in [0.3, 0.4) is 0 Å². The average Bonchev–Trinajstić information content (AvgIpc) is 2.57. The molecule has 0 aliphatic rings. The van der Waals surface area contributed by atoms with Gasteiger partial charge in [-0.15, -0.1) is 8.93 Å². The summed E-state index contributed by atoms with van der Waals surface area (Å²) in [5.74, 6) is 0. The predicted molar refractivity (Wildman–Crippen MR) is 114 cm³/mol. The first kappa shape index (κ1) is 17.3. The molecule has 3 aromatic carbocycles. The molecule has 0 aromatic heterocycles. The molecule has 0 amide bonds. The van der Waals surface area contributed by atoms with Crippen LogP contribution < -0.4 is 5.30 Å². The lowest BCUT2D eigenvalue weighted by Crippen LogP contribution is -1.96. The lowest BCUT2D eigenvalue weighted by atomic mass is 9.92. The van der Waals surface area contributed by atoms with Crippen molar-refractivity contribution in [1.82, 2.24) is 0 Å². The minimum atomic E-state index is 0.771. The fourth-order valence-corrected chi connectivity index (χ4v) is 4.14. The lowest BCUT2D eigenvalue weighted by molar-refractivity contribution is 1.34. The van der Waals surface area contributed by atoms with Gasteiger partial charge < -0.3 is 0 Å². The van der Waals surface area contributed by atoms with E-state index in [0.29, 0.717) is 0 Å². The third-order valence-corrected chi connectivity index (χ3v) is 6.39. The second-order valence-electron chi connectivity index (χ2n) is 6.50. The molecule has 0 nitrogen and oxygen atoms in total. The highest BCUT2D eigenvalue weighted by molar-refractivity contribution is 8.06. The van der Waals surface area contributed by atoms with Crippen molar-refractivity contribution in [3.05, 3.63) is 76.9 Å². The van der Waals surface area contributed by atoms with Gasteiger partial charge in [-0.05, 0) is 77.5 Å². The molecule has 0 saturated heterocycles. The van der Waals surface area contributed by atoms with Crippen LogP contribution in [0.15, 0.2) is 54.6 Å². The van der Waals surface area contributed by atoms with Crippen LogP contribution in [0.2, 0.25) is 0 Å². The Hall–Kier alpha value is -1.48. The summed E-state index contributed by atoms with van der Waals surface area (Å²) in [6, 6.07) is 20.3. The second kappa shape index (κ2) is 7.18. The van der Waals surface area contributed by atoms with Crippen LogP contribution in [-0.2, 0) is 0 Å². The maximum Gasteiger partial charge on any atom is -0.0152 e. The van der Waals surface area contributed by atoms with Crippen molar-refractivity contribution in [3.63, 3.8) is 0 Å². The fraction of sp³-hybridized carbons (Fsp3) is 0.182. The Morgan fingerprint density at radius 3 is 1.67 bits per heavy atom. The number of hydrogen-bond acceptors (Lipinski definition) is 0. The van der Waals surface area contributed by atoms with Gasteiger partial charge in [-0.2, -0.15) is 0 Å². The molecule has 2 unspecified atom stereocenters. The maximum absolute atomic E-state index is 2.82. The summed E-state index contributed by atoms with van der Waals surface area (Å²) in [7, 11) is 3.59. The third-order valence-electron chi connectivity index (χ3n) is 4.75. The van der Waals surface area contributed by atoms with Gasteiger partial charge in [0.05, 0.1) is 0 Å². The van der Waals surface area contributed by atoms with Gasteiger partial charge in [0, 0.05) is 0 Å². The molecule has 0 heterocycles. The number of hydrogen-bond donors (Lipinski definition) is 0. The van der Waals surface area contributed by atoms with Crippen molar-refractivity contribution in [3.8, 4) is 22.3 Å². The Morgan fingerprint density at radius 1 is 0.583 bits per heavy atom. The first-order valence-electron chi connectivity index (χ1n) is 8.25. The molecule has 3 rings (SSSR count). The van der Waals surface area contributed by atoms with Crippen molar-refractivity contribution < 1.29 is 0 Å². The molecule has 0 aliphatic carbocycles. The van der Waals surface area contributed by atoms with Gasteiger partial charge in [0.2, 0.25) is 0 Å². The van der Waals surface area contributed by atoms with E-state index in [-0.39, 0.29) is 0 Å². The molecule has 0 aliphatic heterocycles. The molecule has 0 fully saturated rings. The van der Waals surface area contributed by atoms with Crippen LogP contribution in [-0.4, -0.2) is 0 Å². The zero-order valence-corrected chi connectivity index (χ0v) is 16.9. The average molecular weight is 350 g/mol. The van der Waals surface area contributed by atoms with E-state index in [0.717, 1.165) is 8.27 Å². The van der Waals surface area contributed by atoms with Gasteiger partial charge in [-0.25, -0.2) is 0 Å². The summed E-state index contributed by atoms with van der Waals surface area (Å²) in [5, 5.41) is 1.39. The zero-order valence-electron chi connectivity index (χ0n) is 14.8. The van der Waals surface area contributed by atoms with E-state index < -0.39 is 0 Å². The second-order valence-corrected chi connectivity index (χ2v) is 8.23. The van der Waals surface area contributed by atoms with Gasteiger partial charge in [0.1, 0.15) is 0 Å². The molecule has 3 aromatic rings. The molecular weight excluding hydrogens is 326 g/mol. The Bertz CT molecular complexity index is 894. The van der Waals surface area contributed by atoms with E-state index in [1.54, 1.807) is 0 Å². The Morgan fingerprint density at radius 2 is 1.12 bits per heavy atom. The molecule has 0 saturated carbocycles. The highest BCUT2D eigenvalue weighted by Crippen LogP contribution is 2.32. The summed E-state index contributed by atoms with van der Waals surface area (Å²) in [6.07, 6.45) is 0. The maximum atomic E-state index is 2.82. The summed E-state index contributed by atoms with van der Waals surface area (Å²) in [4.78, 5) is 0. The fourth-order valence-electron chi connectivity index (χ4n) is 3.12. The predicted octanol–water partition coefficient (Wildman–Crippen LogP) is 6.35. The van der Waals surface area contributed by atoms with Crippen LogP contribution in [0.25, 0.3) is 22.3 Å². The molecular formula is C22H24P2. The van der Waals surface area contributed by atoms with E-state index in [2.05, 4.69) is 91.2 Å². The minimum Gasteiger partial charge on any atom is -0.110 e. The quantitative estimate of drug-likeness (QED) is 0.483. The smallest absolute Gasteiger partial charge is 0.0152 e. The lowest BCUT2D eigenvalue weighted by Gasteiger charge is -2.13.